The van der Waals surface area contributed by atoms with Crippen molar-refractivity contribution in [1.29, 1.82) is 0 Å². The SMILES string of the molecule is C.C.Cc1ccc(C2=NCC(c3nc4ccc(CN)cc4[nH]3)=C2O)cc1.[C-]#[N+]c1ccc2nc(C3=C(O)C(c4ccc(C)cc4)=NC3)[nH]c2c1. The second-order valence-corrected chi connectivity index (χ2v) is 11.8. The van der Waals surface area contributed by atoms with Crippen molar-refractivity contribution in [3.05, 3.63) is 147 Å². The molecule has 4 aromatic carbocycles. The van der Waals surface area contributed by atoms with Crippen LogP contribution in [0.4, 0.5) is 5.69 Å². The minimum atomic E-state index is 0. The lowest BCUT2D eigenvalue weighted by Crippen LogP contribution is -2.02. The Kier molecular flexibility index (Phi) is 10.1. The minimum absolute atomic E-state index is 0. The van der Waals surface area contributed by atoms with Crippen molar-refractivity contribution in [3.63, 3.8) is 0 Å². The van der Waals surface area contributed by atoms with Crippen LogP contribution in [0, 0.1) is 20.4 Å². The van der Waals surface area contributed by atoms with Gasteiger partial charge in [0.25, 0.3) is 0 Å². The fourth-order valence-corrected chi connectivity index (χ4v) is 5.69. The second kappa shape index (κ2) is 14.4. The van der Waals surface area contributed by atoms with Crippen LogP contribution in [0.3, 0.4) is 0 Å². The fraction of sp³-hybridized carbons (Fsp3) is 0.175. The molecule has 0 bridgehead atoms. The summed E-state index contributed by atoms with van der Waals surface area (Å²) < 4.78 is 0. The summed E-state index contributed by atoms with van der Waals surface area (Å²) >= 11 is 0. The third kappa shape index (κ3) is 6.67. The van der Waals surface area contributed by atoms with Gasteiger partial charge >= 0.3 is 0 Å². The molecule has 2 aromatic heterocycles. The molecule has 10 heteroatoms. The molecule has 0 spiro atoms. The minimum Gasteiger partial charge on any atom is -0.505 e. The highest BCUT2D eigenvalue weighted by molar-refractivity contribution is 6.18. The Bertz CT molecular complexity index is 2370. The van der Waals surface area contributed by atoms with Crippen LogP contribution in [-0.2, 0) is 6.54 Å². The lowest BCUT2D eigenvalue weighted by molar-refractivity contribution is 0.447. The number of aliphatic imine (C=N–C) groups is 2. The number of nitrogens with two attached hydrogens (primary N) is 1. The van der Waals surface area contributed by atoms with E-state index in [2.05, 4.69) is 34.8 Å². The number of hydrogen-bond acceptors (Lipinski definition) is 7. The normalized spacial score (nSPS) is 13.7. The monoisotopic (exact) mass is 664 g/mol. The molecule has 0 fully saturated rings. The molecule has 10 nitrogen and oxygen atoms in total. The van der Waals surface area contributed by atoms with Gasteiger partial charge in [-0.3, -0.25) is 9.98 Å². The van der Waals surface area contributed by atoms with Crippen molar-refractivity contribution in [2.45, 2.75) is 35.2 Å². The highest BCUT2D eigenvalue weighted by Crippen LogP contribution is 2.29. The van der Waals surface area contributed by atoms with Gasteiger partial charge in [0, 0.05) is 17.7 Å². The number of aromatic nitrogens is 4. The van der Waals surface area contributed by atoms with Crippen molar-refractivity contribution in [1.82, 2.24) is 19.9 Å². The first-order chi connectivity index (χ1) is 23.3. The van der Waals surface area contributed by atoms with E-state index in [4.69, 9.17) is 12.3 Å². The molecule has 2 aliphatic heterocycles. The van der Waals surface area contributed by atoms with E-state index >= 15 is 0 Å². The molecule has 6 aromatic rings. The van der Waals surface area contributed by atoms with E-state index in [-0.39, 0.29) is 26.4 Å². The third-order valence-corrected chi connectivity index (χ3v) is 8.41. The summed E-state index contributed by atoms with van der Waals surface area (Å²) in [5, 5.41) is 21.2. The molecule has 8 rings (SSSR count). The highest BCUT2D eigenvalue weighted by atomic mass is 16.3. The number of aromatic amines is 2. The number of hydrogen-bond donors (Lipinski definition) is 5. The first-order valence-corrected chi connectivity index (χ1v) is 15.5. The zero-order valence-electron chi connectivity index (χ0n) is 26.4. The summed E-state index contributed by atoms with van der Waals surface area (Å²) in [5.74, 6) is 1.60. The van der Waals surface area contributed by atoms with Crippen LogP contribution in [0.2, 0.25) is 0 Å². The van der Waals surface area contributed by atoms with Gasteiger partial charge in [0.1, 0.15) is 34.6 Å². The van der Waals surface area contributed by atoms with Crippen molar-refractivity contribution < 1.29 is 10.2 Å². The van der Waals surface area contributed by atoms with E-state index in [0.29, 0.717) is 54.0 Å². The molecule has 4 heterocycles. The van der Waals surface area contributed by atoms with Crippen LogP contribution in [-0.4, -0.2) is 54.7 Å². The lowest BCUT2D eigenvalue weighted by Gasteiger charge is -2.03. The number of fused-ring (bicyclic) bond motifs is 2. The zero-order chi connectivity index (χ0) is 33.4. The molecular formula is C40H40N8O2. The van der Waals surface area contributed by atoms with Gasteiger partial charge in [-0.25, -0.2) is 14.8 Å². The highest BCUT2D eigenvalue weighted by Gasteiger charge is 2.25. The van der Waals surface area contributed by atoms with Crippen LogP contribution < -0.4 is 5.73 Å². The molecule has 252 valence electrons. The molecule has 0 atom stereocenters. The zero-order valence-corrected chi connectivity index (χ0v) is 26.4. The molecule has 0 saturated carbocycles. The van der Waals surface area contributed by atoms with Gasteiger partial charge in [-0.15, -0.1) is 0 Å². The molecule has 0 unspecified atom stereocenters. The maximum Gasteiger partial charge on any atom is 0.189 e. The van der Waals surface area contributed by atoms with Gasteiger partial charge < -0.3 is 25.9 Å². The van der Waals surface area contributed by atoms with E-state index in [0.717, 1.165) is 49.9 Å². The first-order valence-electron chi connectivity index (χ1n) is 15.5. The summed E-state index contributed by atoms with van der Waals surface area (Å²) in [4.78, 5) is 27.9. The Balaban J connectivity index is 0.000000187. The van der Waals surface area contributed by atoms with Crippen LogP contribution in [0.5, 0.6) is 0 Å². The van der Waals surface area contributed by atoms with E-state index in [1.807, 2.05) is 80.6 Å². The smallest absolute Gasteiger partial charge is 0.189 e. The summed E-state index contributed by atoms with van der Waals surface area (Å²) in [7, 11) is 0. The summed E-state index contributed by atoms with van der Waals surface area (Å²) in [6.45, 7) is 12.4. The van der Waals surface area contributed by atoms with Gasteiger partial charge in [-0.2, -0.15) is 0 Å². The quantitative estimate of drug-likeness (QED) is 0.117. The fourth-order valence-electron chi connectivity index (χ4n) is 5.69. The Labute approximate surface area is 291 Å². The molecule has 50 heavy (non-hydrogen) atoms. The summed E-state index contributed by atoms with van der Waals surface area (Å²) in [6, 6.07) is 27.0. The van der Waals surface area contributed by atoms with Crippen molar-refractivity contribution in [2.75, 3.05) is 13.1 Å². The van der Waals surface area contributed by atoms with Gasteiger partial charge in [0.05, 0.1) is 52.9 Å². The number of H-pyrrole nitrogens is 2. The predicted octanol–water partition coefficient (Wildman–Crippen LogP) is 8.57. The van der Waals surface area contributed by atoms with Crippen LogP contribution in [0.1, 0.15) is 54.3 Å². The Morgan fingerprint density at radius 3 is 1.60 bits per heavy atom. The van der Waals surface area contributed by atoms with Crippen molar-refractivity contribution >= 4 is 50.3 Å². The number of nitrogens with one attached hydrogen (secondary N) is 2. The molecule has 0 aliphatic carbocycles. The van der Waals surface area contributed by atoms with E-state index in [1.54, 1.807) is 18.2 Å². The molecule has 2 aliphatic rings. The molecule has 0 amide bonds. The number of imidazole rings is 2. The first kappa shape index (κ1) is 35.0. The standard InChI is InChI=1S/C19H14N4O.C19H18N4O.2CH4/c1-11-3-5-12(6-4-11)17-18(24)14(10-21-17)19-22-15-8-7-13(20-2)9-16(15)23-19;1-11-2-5-13(6-3-11)17-18(24)14(10-21-17)19-22-15-7-4-12(9-20)8-16(15)23-19;;/h3-9,24H,10H2,1H3,(H,22,23);2-8,24H,9-10,20H2,1H3,(H,22,23);2*1H4. The number of aryl methyl sites for hydroxylation is 2. The maximum absolute atomic E-state index is 10.6. The topological polar surface area (TPSA) is 153 Å². The Morgan fingerprint density at radius 2 is 1.14 bits per heavy atom. The Hall–Kier alpha value is -6.31. The van der Waals surface area contributed by atoms with Gasteiger partial charge in [-0.1, -0.05) is 86.6 Å². The molecule has 0 radical (unpaired) electrons. The summed E-state index contributed by atoms with van der Waals surface area (Å²) in [6.07, 6.45) is 0. The molecule has 0 saturated heterocycles. The second-order valence-electron chi connectivity index (χ2n) is 11.8. The maximum atomic E-state index is 10.6. The number of aliphatic hydroxyl groups is 2. The van der Waals surface area contributed by atoms with Crippen molar-refractivity contribution in [2.24, 2.45) is 15.7 Å². The van der Waals surface area contributed by atoms with Crippen molar-refractivity contribution in [3.8, 4) is 0 Å². The number of benzene rings is 4. The largest absolute Gasteiger partial charge is 0.505 e. The number of aliphatic hydroxyl groups excluding tert-OH is 2. The van der Waals surface area contributed by atoms with Gasteiger partial charge in [-0.05, 0) is 43.7 Å². The average molecular weight is 665 g/mol. The number of allylic oxidation sites excluding steroid dienone is 2. The number of nitrogens with zero attached hydrogens (tertiary/aromatic N) is 5. The molecular weight excluding hydrogens is 624 g/mol. The third-order valence-electron chi connectivity index (χ3n) is 8.41. The van der Waals surface area contributed by atoms with E-state index < -0.39 is 0 Å². The Morgan fingerprint density at radius 1 is 0.680 bits per heavy atom. The van der Waals surface area contributed by atoms with E-state index in [1.165, 1.54) is 5.56 Å². The van der Waals surface area contributed by atoms with Crippen LogP contribution in [0.15, 0.2) is 106 Å². The lowest BCUT2D eigenvalue weighted by atomic mass is 10.1. The summed E-state index contributed by atoms with van der Waals surface area (Å²) in [5.41, 5.74) is 17.3. The predicted molar refractivity (Wildman–Crippen MR) is 204 cm³/mol. The van der Waals surface area contributed by atoms with E-state index in [9.17, 15) is 10.2 Å². The number of rotatable bonds is 5. The van der Waals surface area contributed by atoms with Crippen LogP contribution >= 0.6 is 0 Å². The van der Waals surface area contributed by atoms with Crippen LogP contribution in [0.25, 0.3) is 38.1 Å². The molecule has 6 N–H and O–H groups in total. The average Bonchev–Trinajstić information content (AvgIpc) is 3.89. The van der Waals surface area contributed by atoms with Gasteiger partial charge in [0.15, 0.2) is 5.69 Å². The van der Waals surface area contributed by atoms with Gasteiger partial charge in [0.2, 0.25) is 0 Å².